The summed E-state index contributed by atoms with van der Waals surface area (Å²) in [5.41, 5.74) is 0.699. The fourth-order valence-corrected chi connectivity index (χ4v) is 4.54. The topological polar surface area (TPSA) is 94.3 Å². The first-order chi connectivity index (χ1) is 14.3. The van der Waals surface area contributed by atoms with E-state index in [0.29, 0.717) is 11.3 Å². The predicted octanol–water partition coefficient (Wildman–Crippen LogP) is 5.56. The van der Waals surface area contributed by atoms with E-state index in [1.807, 2.05) is 30.3 Å². The van der Waals surface area contributed by atoms with E-state index in [9.17, 15) is 8.42 Å². The maximum absolute atomic E-state index is 12.8. The molecule has 0 aliphatic heterocycles. The summed E-state index contributed by atoms with van der Waals surface area (Å²) in [5, 5.41) is 0.921. The number of benzene rings is 2. The number of nitrogens with zero attached hydrogens (tertiary/aromatic N) is 2. The van der Waals surface area contributed by atoms with Crippen molar-refractivity contribution in [1.82, 2.24) is 9.97 Å². The molecular weight excluding hydrogens is 473 g/mol. The second-order valence-electron chi connectivity index (χ2n) is 6.04. The number of ether oxygens (including phenoxy) is 1. The van der Waals surface area contributed by atoms with Crippen molar-refractivity contribution in [3.05, 3.63) is 75.7 Å². The van der Waals surface area contributed by atoms with Crippen LogP contribution in [0.4, 0.5) is 5.82 Å². The first-order valence-electron chi connectivity index (χ1n) is 8.43. The number of para-hydroxylation sites is 1. The average molecular weight is 485 g/mol. The van der Waals surface area contributed by atoms with Gasteiger partial charge in [-0.1, -0.05) is 59.1 Å². The Kier molecular flexibility index (Phi) is 5.75. The van der Waals surface area contributed by atoms with E-state index < -0.39 is 10.0 Å². The van der Waals surface area contributed by atoms with Gasteiger partial charge in [0.2, 0.25) is 5.82 Å². The fourth-order valence-electron chi connectivity index (χ4n) is 2.64. The molecule has 0 aliphatic rings. The van der Waals surface area contributed by atoms with Gasteiger partial charge in [-0.05, 0) is 24.3 Å². The van der Waals surface area contributed by atoms with Crippen molar-refractivity contribution in [3.8, 4) is 5.88 Å². The Hall–Kier alpha value is -2.52. The summed E-state index contributed by atoms with van der Waals surface area (Å²) < 4.78 is 39.2. The molecule has 2 aromatic carbocycles. The Bertz CT molecular complexity index is 1310. The second kappa shape index (κ2) is 8.31. The van der Waals surface area contributed by atoms with E-state index in [0.717, 1.165) is 5.39 Å². The number of nitrogens with one attached hydrogen (secondary N) is 1. The SMILES string of the molecule is O=S(=O)(Nc1ncc(Cl)nc1OCc1cc2ccccc2o1)c1cccc(Cl)c1Cl. The molecule has 0 bridgehead atoms. The van der Waals surface area contributed by atoms with Gasteiger partial charge in [0.15, 0.2) is 5.15 Å². The Morgan fingerprint density at radius 1 is 1.07 bits per heavy atom. The summed E-state index contributed by atoms with van der Waals surface area (Å²) in [6, 6.07) is 13.5. The van der Waals surface area contributed by atoms with E-state index in [4.69, 9.17) is 44.0 Å². The minimum Gasteiger partial charge on any atom is -0.467 e. The minimum atomic E-state index is -4.12. The summed E-state index contributed by atoms with van der Waals surface area (Å²) >= 11 is 17.9. The first kappa shape index (κ1) is 20.7. The number of fused-ring (bicyclic) bond motifs is 1. The molecular formula is C19H12Cl3N3O4S. The van der Waals surface area contributed by atoms with Gasteiger partial charge in [-0.25, -0.2) is 13.4 Å². The van der Waals surface area contributed by atoms with Crippen LogP contribution < -0.4 is 9.46 Å². The Morgan fingerprint density at radius 3 is 2.67 bits per heavy atom. The van der Waals surface area contributed by atoms with Gasteiger partial charge in [0.1, 0.15) is 22.8 Å². The van der Waals surface area contributed by atoms with Crippen molar-refractivity contribution in [2.75, 3.05) is 4.72 Å². The normalized spacial score (nSPS) is 11.6. The molecule has 1 N–H and O–H groups in total. The molecule has 2 heterocycles. The number of furan rings is 1. The average Bonchev–Trinajstić information content (AvgIpc) is 3.13. The van der Waals surface area contributed by atoms with Gasteiger partial charge in [0.05, 0.1) is 16.2 Å². The highest BCUT2D eigenvalue weighted by atomic mass is 35.5. The van der Waals surface area contributed by atoms with Crippen molar-refractivity contribution >= 4 is 61.6 Å². The monoisotopic (exact) mass is 483 g/mol. The highest BCUT2D eigenvalue weighted by Gasteiger charge is 2.23. The van der Waals surface area contributed by atoms with Crippen LogP contribution in [0.15, 0.2) is 64.0 Å². The molecule has 7 nitrogen and oxygen atoms in total. The van der Waals surface area contributed by atoms with E-state index in [1.54, 1.807) is 0 Å². The molecule has 0 unspecified atom stereocenters. The predicted molar refractivity (Wildman–Crippen MR) is 115 cm³/mol. The van der Waals surface area contributed by atoms with Crippen molar-refractivity contribution < 1.29 is 17.6 Å². The van der Waals surface area contributed by atoms with Gasteiger partial charge in [-0.15, -0.1) is 0 Å². The van der Waals surface area contributed by atoms with E-state index in [-0.39, 0.29) is 38.4 Å². The Morgan fingerprint density at radius 2 is 1.87 bits per heavy atom. The van der Waals surface area contributed by atoms with Crippen LogP contribution >= 0.6 is 34.8 Å². The zero-order valence-electron chi connectivity index (χ0n) is 15.0. The summed E-state index contributed by atoms with van der Waals surface area (Å²) in [6.07, 6.45) is 1.19. The third kappa shape index (κ3) is 4.32. The third-order valence-corrected chi connectivity index (χ3v) is 6.47. The highest BCUT2D eigenvalue weighted by Crippen LogP contribution is 2.32. The molecule has 0 saturated carbocycles. The van der Waals surface area contributed by atoms with Crippen LogP contribution in [0.5, 0.6) is 5.88 Å². The summed E-state index contributed by atoms with van der Waals surface area (Å²) in [6.45, 7) is -0.0175. The summed E-state index contributed by atoms with van der Waals surface area (Å²) in [4.78, 5) is 7.78. The molecule has 0 radical (unpaired) electrons. The van der Waals surface area contributed by atoms with Crippen molar-refractivity contribution in [3.63, 3.8) is 0 Å². The molecule has 0 saturated heterocycles. The minimum absolute atomic E-state index is 0.0175. The molecule has 0 spiro atoms. The molecule has 11 heteroatoms. The summed E-state index contributed by atoms with van der Waals surface area (Å²) in [5.74, 6) is 0.237. The molecule has 154 valence electrons. The van der Waals surface area contributed by atoms with E-state index >= 15 is 0 Å². The van der Waals surface area contributed by atoms with Gasteiger partial charge in [0.25, 0.3) is 15.9 Å². The summed E-state index contributed by atoms with van der Waals surface area (Å²) in [7, 11) is -4.12. The molecule has 2 aromatic heterocycles. The number of aromatic nitrogens is 2. The lowest BCUT2D eigenvalue weighted by Crippen LogP contribution is -2.16. The largest absolute Gasteiger partial charge is 0.467 e. The smallest absolute Gasteiger partial charge is 0.264 e. The van der Waals surface area contributed by atoms with Gasteiger partial charge in [-0.2, -0.15) is 4.98 Å². The zero-order chi connectivity index (χ0) is 21.3. The molecule has 4 aromatic rings. The number of hydrogen-bond donors (Lipinski definition) is 1. The first-order valence-corrected chi connectivity index (χ1v) is 11.0. The lowest BCUT2D eigenvalue weighted by molar-refractivity contribution is 0.265. The van der Waals surface area contributed by atoms with E-state index in [2.05, 4.69) is 14.7 Å². The van der Waals surface area contributed by atoms with Crippen molar-refractivity contribution in [2.24, 2.45) is 0 Å². The van der Waals surface area contributed by atoms with Gasteiger partial charge in [-0.3, -0.25) is 4.72 Å². The standard InChI is InChI=1S/C19H12Cl3N3O4S/c20-13-5-3-7-15(17(13)22)30(26,27)25-18-19(24-16(21)9-23-18)28-10-12-8-11-4-1-2-6-14(11)29-12/h1-9H,10H2,(H,23,25). The van der Waals surface area contributed by atoms with Gasteiger partial charge in [0, 0.05) is 5.39 Å². The maximum atomic E-state index is 12.8. The highest BCUT2D eigenvalue weighted by molar-refractivity contribution is 7.92. The quantitative estimate of drug-likeness (QED) is 0.385. The zero-order valence-corrected chi connectivity index (χ0v) is 18.1. The number of anilines is 1. The lowest BCUT2D eigenvalue weighted by atomic mass is 10.2. The van der Waals surface area contributed by atoms with Crippen molar-refractivity contribution in [1.29, 1.82) is 0 Å². The van der Waals surface area contributed by atoms with Crippen LogP contribution in [-0.4, -0.2) is 18.4 Å². The fraction of sp³-hybridized carbons (Fsp3) is 0.0526. The molecule has 0 atom stereocenters. The van der Waals surface area contributed by atoms with Crippen LogP contribution in [-0.2, 0) is 16.6 Å². The molecule has 4 rings (SSSR count). The molecule has 30 heavy (non-hydrogen) atoms. The Balaban J connectivity index is 1.61. The van der Waals surface area contributed by atoms with Crippen LogP contribution in [0.2, 0.25) is 15.2 Å². The lowest BCUT2D eigenvalue weighted by Gasteiger charge is -2.12. The third-order valence-electron chi connectivity index (χ3n) is 3.98. The Labute approximate surface area is 186 Å². The van der Waals surface area contributed by atoms with Crippen LogP contribution in [0, 0.1) is 0 Å². The van der Waals surface area contributed by atoms with Crippen molar-refractivity contribution in [2.45, 2.75) is 11.5 Å². The van der Waals surface area contributed by atoms with E-state index in [1.165, 1.54) is 24.4 Å². The number of rotatable bonds is 6. The molecule has 0 amide bonds. The molecule has 0 fully saturated rings. The maximum Gasteiger partial charge on any atom is 0.264 e. The second-order valence-corrected chi connectivity index (χ2v) is 8.87. The number of halogens is 3. The van der Waals surface area contributed by atoms with Crippen LogP contribution in [0.3, 0.4) is 0 Å². The number of hydrogen-bond acceptors (Lipinski definition) is 6. The van der Waals surface area contributed by atoms with Crippen LogP contribution in [0.25, 0.3) is 11.0 Å². The molecule has 0 aliphatic carbocycles. The van der Waals surface area contributed by atoms with Gasteiger partial charge < -0.3 is 9.15 Å². The van der Waals surface area contributed by atoms with Crippen LogP contribution in [0.1, 0.15) is 5.76 Å². The number of sulfonamides is 1. The van der Waals surface area contributed by atoms with Gasteiger partial charge >= 0.3 is 0 Å².